The topological polar surface area (TPSA) is 66.8 Å². The second kappa shape index (κ2) is 5.07. The van der Waals surface area contributed by atoms with Crippen LogP contribution in [0.15, 0.2) is 23.4 Å². The van der Waals surface area contributed by atoms with E-state index in [0.29, 0.717) is 25.4 Å². The number of hydrazone groups is 1. The van der Waals surface area contributed by atoms with E-state index in [0.717, 1.165) is 17.8 Å². The number of pyridine rings is 1. The van der Waals surface area contributed by atoms with Crippen LogP contribution in [0.5, 0.6) is 0 Å². The largest absolute Gasteiger partial charge is 0.370 e. The first kappa shape index (κ1) is 12.3. The highest BCUT2D eigenvalue weighted by Gasteiger charge is 2.32. The minimum absolute atomic E-state index is 0.0535. The molecule has 6 heteroatoms. The van der Waals surface area contributed by atoms with E-state index in [1.165, 1.54) is 5.01 Å². The van der Waals surface area contributed by atoms with Crippen LogP contribution in [0.3, 0.4) is 0 Å². The molecule has 0 bridgehead atoms. The zero-order chi connectivity index (χ0) is 13.2. The van der Waals surface area contributed by atoms with Crippen LogP contribution < -0.4 is 10.3 Å². The van der Waals surface area contributed by atoms with Crippen LogP contribution >= 0.6 is 0 Å². The number of amides is 1. The zero-order valence-electron chi connectivity index (χ0n) is 10.8. The van der Waals surface area contributed by atoms with E-state index < -0.39 is 0 Å². The molecule has 2 aliphatic rings. The molecule has 19 heavy (non-hydrogen) atoms. The number of rotatable bonds is 2. The lowest BCUT2D eigenvalue weighted by molar-refractivity contribution is -0.117. The Morgan fingerprint density at radius 3 is 3.16 bits per heavy atom. The highest BCUT2D eigenvalue weighted by molar-refractivity contribution is 6.14. The number of aryl methyl sites for hydroxylation is 1. The quantitative estimate of drug-likeness (QED) is 0.839. The summed E-state index contributed by atoms with van der Waals surface area (Å²) in [4.78, 5) is 16.2. The Bertz CT molecular complexity index is 523. The summed E-state index contributed by atoms with van der Waals surface area (Å²) in [6, 6.07) is 3.74. The number of carbonyl (C=O) groups excluding carboxylic acids is 1. The van der Waals surface area contributed by atoms with Crippen molar-refractivity contribution >= 4 is 17.4 Å². The highest BCUT2D eigenvalue weighted by Crippen LogP contribution is 2.21. The van der Waals surface area contributed by atoms with Gasteiger partial charge in [0.25, 0.3) is 5.91 Å². The SMILES string of the molecule is Cc1ccnc(N2N=C(C3CNCCO3)CC2=O)c1. The van der Waals surface area contributed by atoms with Gasteiger partial charge in [-0.3, -0.25) is 4.79 Å². The van der Waals surface area contributed by atoms with E-state index in [4.69, 9.17) is 4.74 Å². The van der Waals surface area contributed by atoms with Crippen molar-refractivity contribution in [3.63, 3.8) is 0 Å². The van der Waals surface area contributed by atoms with Crippen molar-refractivity contribution in [1.29, 1.82) is 0 Å². The Balaban J connectivity index is 1.82. The zero-order valence-corrected chi connectivity index (χ0v) is 10.8. The van der Waals surface area contributed by atoms with Gasteiger partial charge in [0.15, 0.2) is 5.82 Å². The lowest BCUT2D eigenvalue weighted by Gasteiger charge is -2.22. The molecule has 1 fully saturated rings. The number of nitrogens with one attached hydrogen (secondary N) is 1. The van der Waals surface area contributed by atoms with E-state index in [-0.39, 0.29) is 12.0 Å². The van der Waals surface area contributed by atoms with Crippen molar-refractivity contribution in [2.75, 3.05) is 24.7 Å². The van der Waals surface area contributed by atoms with Crippen molar-refractivity contribution in [3.8, 4) is 0 Å². The highest BCUT2D eigenvalue weighted by atomic mass is 16.5. The standard InChI is InChI=1S/C13H16N4O2/c1-9-2-3-15-12(6-9)17-13(18)7-10(16-17)11-8-14-4-5-19-11/h2-3,6,11,14H,4-5,7-8H2,1H3. The molecule has 0 radical (unpaired) electrons. The third-order valence-corrected chi connectivity index (χ3v) is 3.21. The maximum absolute atomic E-state index is 12.0. The van der Waals surface area contributed by atoms with Gasteiger partial charge in [0.05, 0.1) is 18.7 Å². The minimum Gasteiger partial charge on any atom is -0.370 e. The molecular weight excluding hydrogens is 244 g/mol. The van der Waals surface area contributed by atoms with Gasteiger partial charge in [-0.1, -0.05) is 0 Å². The predicted molar refractivity (Wildman–Crippen MR) is 71.1 cm³/mol. The van der Waals surface area contributed by atoms with Crippen LogP contribution in [0, 0.1) is 6.92 Å². The summed E-state index contributed by atoms with van der Waals surface area (Å²) in [5.41, 5.74) is 1.83. The van der Waals surface area contributed by atoms with Gasteiger partial charge in [-0.25, -0.2) is 4.98 Å². The molecule has 1 saturated heterocycles. The number of hydrogen-bond acceptors (Lipinski definition) is 5. The van der Waals surface area contributed by atoms with Gasteiger partial charge in [0, 0.05) is 19.3 Å². The van der Waals surface area contributed by atoms with Crippen molar-refractivity contribution < 1.29 is 9.53 Å². The monoisotopic (exact) mass is 260 g/mol. The summed E-state index contributed by atoms with van der Waals surface area (Å²) in [7, 11) is 0. The number of hydrogen-bond donors (Lipinski definition) is 1. The van der Waals surface area contributed by atoms with Crippen molar-refractivity contribution in [1.82, 2.24) is 10.3 Å². The van der Waals surface area contributed by atoms with E-state index in [9.17, 15) is 4.79 Å². The number of morpholine rings is 1. The van der Waals surface area contributed by atoms with Gasteiger partial charge in [-0.15, -0.1) is 0 Å². The Morgan fingerprint density at radius 1 is 1.53 bits per heavy atom. The van der Waals surface area contributed by atoms with E-state index >= 15 is 0 Å². The smallest absolute Gasteiger partial charge is 0.254 e. The second-order valence-electron chi connectivity index (χ2n) is 4.73. The molecule has 1 aromatic rings. The fourth-order valence-electron chi connectivity index (χ4n) is 2.22. The Labute approximate surface area is 111 Å². The summed E-state index contributed by atoms with van der Waals surface area (Å²) in [6.45, 7) is 4.17. The fourth-order valence-corrected chi connectivity index (χ4v) is 2.22. The molecule has 0 saturated carbocycles. The maximum Gasteiger partial charge on any atom is 0.254 e. The van der Waals surface area contributed by atoms with Gasteiger partial charge in [0.1, 0.15) is 6.10 Å². The van der Waals surface area contributed by atoms with Crippen LogP contribution in [-0.4, -0.2) is 42.4 Å². The average molecular weight is 260 g/mol. The van der Waals surface area contributed by atoms with E-state index in [1.54, 1.807) is 6.20 Å². The van der Waals surface area contributed by atoms with Crippen molar-refractivity contribution in [2.45, 2.75) is 19.4 Å². The summed E-state index contributed by atoms with van der Waals surface area (Å²) in [5.74, 6) is 0.519. The van der Waals surface area contributed by atoms with Gasteiger partial charge in [-0.05, 0) is 24.6 Å². The van der Waals surface area contributed by atoms with E-state index in [2.05, 4.69) is 15.4 Å². The molecule has 1 atom stereocenters. The molecular formula is C13H16N4O2. The molecule has 2 aliphatic heterocycles. The van der Waals surface area contributed by atoms with Crippen molar-refractivity contribution in [3.05, 3.63) is 23.9 Å². The lowest BCUT2D eigenvalue weighted by atomic mass is 10.1. The van der Waals surface area contributed by atoms with Crippen molar-refractivity contribution in [2.24, 2.45) is 5.10 Å². The maximum atomic E-state index is 12.0. The second-order valence-corrected chi connectivity index (χ2v) is 4.73. The Kier molecular flexibility index (Phi) is 3.27. The molecule has 0 aromatic carbocycles. The lowest BCUT2D eigenvalue weighted by Crippen LogP contribution is -2.42. The molecule has 1 amide bonds. The normalized spacial score (nSPS) is 23.6. The molecule has 1 N–H and O–H groups in total. The molecule has 6 nitrogen and oxygen atoms in total. The van der Waals surface area contributed by atoms with Crippen LogP contribution in [-0.2, 0) is 9.53 Å². The van der Waals surface area contributed by atoms with Crippen LogP contribution in [0.4, 0.5) is 5.82 Å². The van der Waals surface area contributed by atoms with Crippen LogP contribution in [0.25, 0.3) is 0 Å². The molecule has 1 unspecified atom stereocenters. The molecule has 0 spiro atoms. The molecule has 3 heterocycles. The fraction of sp³-hybridized carbons (Fsp3) is 0.462. The molecule has 3 rings (SSSR count). The first-order valence-corrected chi connectivity index (χ1v) is 6.39. The Hall–Kier alpha value is -1.79. The number of carbonyl (C=O) groups is 1. The molecule has 1 aromatic heterocycles. The summed E-state index contributed by atoms with van der Waals surface area (Å²) >= 11 is 0. The van der Waals surface area contributed by atoms with Gasteiger partial charge >= 0.3 is 0 Å². The number of nitrogens with zero attached hydrogens (tertiary/aromatic N) is 3. The summed E-state index contributed by atoms with van der Waals surface area (Å²) in [6.07, 6.45) is 1.89. The average Bonchev–Trinajstić information content (AvgIpc) is 2.82. The van der Waals surface area contributed by atoms with Gasteiger partial charge in [-0.2, -0.15) is 10.1 Å². The third-order valence-electron chi connectivity index (χ3n) is 3.21. The summed E-state index contributed by atoms with van der Waals surface area (Å²) < 4.78 is 5.63. The van der Waals surface area contributed by atoms with Gasteiger partial charge < -0.3 is 10.1 Å². The molecule has 100 valence electrons. The summed E-state index contributed by atoms with van der Waals surface area (Å²) in [5, 5.41) is 8.99. The number of anilines is 1. The van der Waals surface area contributed by atoms with Crippen LogP contribution in [0.1, 0.15) is 12.0 Å². The Morgan fingerprint density at radius 2 is 2.42 bits per heavy atom. The first-order valence-electron chi connectivity index (χ1n) is 6.39. The van der Waals surface area contributed by atoms with Crippen LogP contribution in [0.2, 0.25) is 0 Å². The molecule has 0 aliphatic carbocycles. The number of aromatic nitrogens is 1. The predicted octanol–water partition coefficient (Wildman–Crippen LogP) is 0.471. The number of ether oxygens (including phenoxy) is 1. The third kappa shape index (κ3) is 2.50. The minimum atomic E-state index is -0.104. The first-order chi connectivity index (χ1) is 9.24. The van der Waals surface area contributed by atoms with Gasteiger partial charge in [0.2, 0.25) is 0 Å². The van der Waals surface area contributed by atoms with E-state index in [1.807, 2.05) is 19.1 Å².